The summed E-state index contributed by atoms with van der Waals surface area (Å²) < 4.78 is 26.9. The Bertz CT molecular complexity index is 789. The van der Waals surface area contributed by atoms with Gasteiger partial charge in [-0.05, 0) is 19.1 Å². The first-order valence-electron chi connectivity index (χ1n) is 5.58. The molecule has 0 saturated carbocycles. The second-order valence-electron chi connectivity index (χ2n) is 4.14. The number of halogens is 3. The maximum atomic E-state index is 12.3. The van der Waals surface area contributed by atoms with Gasteiger partial charge in [0.2, 0.25) is 5.03 Å². The Balaban J connectivity index is 2.45. The minimum absolute atomic E-state index is 0.0654. The van der Waals surface area contributed by atoms with Crippen LogP contribution in [0.15, 0.2) is 17.2 Å². The third-order valence-corrected chi connectivity index (χ3v) is 5.07. The van der Waals surface area contributed by atoms with E-state index in [2.05, 4.69) is 14.9 Å². The standard InChI is InChI=1S/C11H10Cl3N3O3S/c1-5-6(4-18)11(16-15-5)21(19,20)17-10-3-8(13)7(12)2-9(10)14/h2-3,17-18H,4H2,1H3,(H,15,16). The Kier molecular flexibility index (Phi) is 4.69. The Morgan fingerprint density at radius 3 is 2.48 bits per heavy atom. The number of aliphatic hydroxyl groups is 1. The average molecular weight is 371 g/mol. The first-order chi connectivity index (χ1) is 9.76. The summed E-state index contributed by atoms with van der Waals surface area (Å²) in [6, 6.07) is 2.62. The van der Waals surface area contributed by atoms with Crippen LogP contribution < -0.4 is 4.72 Å². The summed E-state index contributed by atoms with van der Waals surface area (Å²) in [6.45, 7) is 1.14. The van der Waals surface area contributed by atoms with Crippen LogP contribution in [0.25, 0.3) is 0 Å². The van der Waals surface area contributed by atoms with Crippen molar-refractivity contribution < 1.29 is 13.5 Å². The Hall–Kier alpha value is -0.990. The van der Waals surface area contributed by atoms with E-state index in [0.29, 0.717) is 5.69 Å². The minimum Gasteiger partial charge on any atom is -0.392 e. The summed E-state index contributed by atoms with van der Waals surface area (Å²) >= 11 is 17.5. The summed E-state index contributed by atoms with van der Waals surface area (Å²) in [4.78, 5) is 0. The number of H-pyrrole nitrogens is 1. The molecule has 0 fully saturated rings. The molecule has 0 bridgehead atoms. The first kappa shape index (κ1) is 16.4. The number of aromatic nitrogens is 2. The molecular weight excluding hydrogens is 361 g/mol. The largest absolute Gasteiger partial charge is 0.392 e. The van der Waals surface area contributed by atoms with Gasteiger partial charge in [0.15, 0.2) is 0 Å². The fourth-order valence-corrected chi connectivity index (χ4v) is 3.55. The van der Waals surface area contributed by atoms with Crippen molar-refractivity contribution in [3.05, 3.63) is 38.5 Å². The highest BCUT2D eigenvalue weighted by atomic mass is 35.5. The van der Waals surface area contributed by atoms with Crippen molar-refractivity contribution in [2.45, 2.75) is 18.6 Å². The van der Waals surface area contributed by atoms with Crippen molar-refractivity contribution in [3.63, 3.8) is 0 Å². The molecule has 0 unspecified atom stereocenters. The molecule has 0 atom stereocenters. The molecule has 1 aromatic heterocycles. The number of anilines is 1. The first-order valence-corrected chi connectivity index (χ1v) is 8.20. The van der Waals surface area contributed by atoms with E-state index in [9.17, 15) is 13.5 Å². The van der Waals surface area contributed by atoms with Gasteiger partial charge in [0.25, 0.3) is 10.0 Å². The molecule has 0 amide bonds. The van der Waals surface area contributed by atoms with Gasteiger partial charge >= 0.3 is 0 Å². The normalized spacial score (nSPS) is 11.7. The van der Waals surface area contributed by atoms with Crippen molar-refractivity contribution in [1.29, 1.82) is 0 Å². The number of aryl methyl sites for hydroxylation is 1. The predicted molar refractivity (Wildman–Crippen MR) is 81.5 cm³/mol. The number of rotatable bonds is 4. The minimum atomic E-state index is -4.03. The van der Waals surface area contributed by atoms with Gasteiger partial charge in [0.1, 0.15) is 0 Å². The molecule has 2 aromatic rings. The van der Waals surface area contributed by atoms with Gasteiger partial charge in [-0.15, -0.1) is 0 Å². The number of hydrogen-bond donors (Lipinski definition) is 3. The highest BCUT2D eigenvalue weighted by molar-refractivity contribution is 7.92. The molecule has 0 saturated heterocycles. The maximum Gasteiger partial charge on any atom is 0.281 e. The lowest BCUT2D eigenvalue weighted by Crippen LogP contribution is -2.15. The summed E-state index contributed by atoms with van der Waals surface area (Å²) in [7, 11) is -4.03. The van der Waals surface area contributed by atoms with Gasteiger partial charge in [-0.25, -0.2) is 0 Å². The number of benzene rings is 1. The molecule has 0 aliphatic heterocycles. The van der Waals surface area contributed by atoms with E-state index < -0.39 is 16.6 Å². The predicted octanol–water partition coefficient (Wildman–Crippen LogP) is 2.97. The number of aliphatic hydroxyl groups excluding tert-OH is 1. The number of nitrogens with one attached hydrogen (secondary N) is 2. The lowest BCUT2D eigenvalue weighted by Gasteiger charge is -2.10. The highest BCUT2D eigenvalue weighted by Gasteiger charge is 2.24. The smallest absolute Gasteiger partial charge is 0.281 e. The third kappa shape index (κ3) is 3.27. The summed E-state index contributed by atoms with van der Waals surface area (Å²) in [5, 5.41) is 15.6. The van der Waals surface area contributed by atoms with Gasteiger partial charge in [-0.2, -0.15) is 13.5 Å². The average Bonchev–Trinajstić information content (AvgIpc) is 2.77. The molecule has 0 radical (unpaired) electrons. The number of hydrogen-bond acceptors (Lipinski definition) is 4. The van der Waals surface area contributed by atoms with Crippen molar-refractivity contribution in [3.8, 4) is 0 Å². The van der Waals surface area contributed by atoms with Crippen LogP contribution in [0.1, 0.15) is 11.3 Å². The number of nitrogens with zero attached hydrogens (tertiary/aromatic N) is 1. The molecule has 6 nitrogen and oxygen atoms in total. The van der Waals surface area contributed by atoms with E-state index in [1.165, 1.54) is 12.1 Å². The molecule has 2 rings (SSSR count). The maximum absolute atomic E-state index is 12.3. The van der Waals surface area contributed by atoms with Gasteiger partial charge in [0, 0.05) is 11.3 Å². The fraction of sp³-hybridized carbons (Fsp3) is 0.182. The molecule has 1 aromatic carbocycles. The topological polar surface area (TPSA) is 95.1 Å². The molecule has 0 aliphatic rings. The van der Waals surface area contributed by atoms with E-state index in [-0.39, 0.29) is 31.3 Å². The monoisotopic (exact) mass is 369 g/mol. The van der Waals surface area contributed by atoms with E-state index >= 15 is 0 Å². The van der Waals surface area contributed by atoms with Crippen molar-refractivity contribution in [1.82, 2.24) is 10.2 Å². The zero-order chi connectivity index (χ0) is 15.8. The molecule has 10 heteroatoms. The van der Waals surface area contributed by atoms with Crippen LogP contribution in [-0.2, 0) is 16.6 Å². The summed E-state index contributed by atoms with van der Waals surface area (Å²) in [5.41, 5.74) is 0.701. The molecular formula is C11H10Cl3N3O3S. The van der Waals surface area contributed by atoms with Gasteiger partial charge in [-0.1, -0.05) is 34.8 Å². The Morgan fingerprint density at radius 2 is 1.86 bits per heavy atom. The quantitative estimate of drug-likeness (QED) is 0.721. The van der Waals surface area contributed by atoms with E-state index in [0.717, 1.165) is 0 Å². The highest BCUT2D eigenvalue weighted by Crippen LogP contribution is 2.33. The van der Waals surface area contributed by atoms with E-state index in [1.807, 2.05) is 0 Å². The van der Waals surface area contributed by atoms with Crippen LogP contribution >= 0.6 is 34.8 Å². The zero-order valence-corrected chi connectivity index (χ0v) is 13.7. The molecule has 21 heavy (non-hydrogen) atoms. The van der Waals surface area contributed by atoms with Crippen LogP contribution in [0.3, 0.4) is 0 Å². The molecule has 1 heterocycles. The van der Waals surface area contributed by atoms with Crippen LogP contribution in [0.5, 0.6) is 0 Å². The van der Waals surface area contributed by atoms with Crippen molar-refractivity contribution >= 4 is 50.5 Å². The SMILES string of the molecule is Cc1[nH]nc(S(=O)(=O)Nc2cc(Cl)c(Cl)cc2Cl)c1CO. The fourth-order valence-electron chi connectivity index (χ4n) is 1.63. The Labute approximate surface area is 136 Å². The van der Waals surface area contributed by atoms with E-state index in [1.54, 1.807) is 6.92 Å². The van der Waals surface area contributed by atoms with Crippen molar-refractivity contribution in [2.75, 3.05) is 4.72 Å². The number of sulfonamides is 1. The van der Waals surface area contributed by atoms with E-state index in [4.69, 9.17) is 34.8 Å². The lowest BCUT2D eigenvalue weighted by molar-refractivity contribution is 0.277. The van der Waals surface area contributed by atoms with Crippen molar-refractivity contribution in [2.24, 2.45) is 0 Å². The lowest BCUT2D eigenvalue weighted by atomic mass is 10.3. The number of aromatic amines is 1. The van der Waals surface area contributed by atoms with Gasteiger partial charge < -0.3 is 5.11 Å². The molecule has 3 N–H and O–H groups in total. The van der Waals surface area contributed by atoms with Crippen LogP contribution in [0.2, 0.25) is 15.1 Å². The summed E-state index contributed by atoms with van der Waals surface area (Å²) in [6.07, 6.45) is 0. The molecule has 0 aliphatic carbocycles. The van der Waals surface area contributed by atoms with Gasteiger partial charge in [-0.3, -0.25) is 9.82 Å². The second-order valence-corrected chi connectivity index (χ2v) is 6.96. The van der Waals surface area contributed by atoms with Crippen LogP contribution in [0, 0.1) is 6.92 Å². The van der Waals surface area contributed by atoms with Crippen LogP contribution in [-0.4, -0.2) is 23.7 Å². The molecule has 0 spiro atoms. The summed E-state index contributed by atoms with van der Waals surface area (Å²) in [5.74, 6) is 0. The Morgan fingerprint density at radius 1 is 1.24 bits per heavy atom. The van der Waals surface area contributed by atoms with Crippen LogP contribution in [0.4, 0.5) is 5.69 Å². The zero-order valence-electron chi connectivity index (χ0n) is 10.6. The van der Waals surface area contributed by atoms with Gasteiger partial charge in [0.05, 0.1) is 27.4 Å². The second kappa shape index (κ2) is 6.02. The molecule has 114 valence electrons. The third-order valence-electron chi connectivity index (χ3n) is 2.70.